The van der Waals surface area contributed by atoms with E-state index < -0.39 is 0 Å². The molecule has 1 N–H and O–H groups in total. The molecule has 1 aromatic heterocycles. The van der Waals surface area contributed by atoms with E-state index in [4.69, 9.17) is 0 Å². The number of nitrogens with zero attached hydrogens (tertiary/aromatic N) is 3. The summed E-state index contributed by atoms with van der Waals surface area (Å²) < 4.78 is 1.95. The minimum absolute atomic E-state index is 0.0823. The van der Waals surface area contributed by atoms with Crippen molar-refractivity contribution in [2.75, 3.05) is 5.75 Å². The van der Waals surface area contributed by atoms with Crippen molar-refractivity contribution in [3.05, 3.63) is 35.7 Å². The maximum Gasteiger partial charge on any atom is 0.230 e. The molecule has 1 aliphatic rings. The van der Waals surface area contributed by atoms with Crippen LogP contribution in [0, 0.1) is 19.8 Å². The smallest absolute Gasteiger partial charge is 0.230 e. The van der Waals surface area contributed by atoms with Gasteiger partial charge in [-0.05, 0) is 44.2 Å². The van der Waals surface area contributed by atoms with E-state index in [-0.39, 0.29) is 5.91 Å². The van der Waals surface area contributed by atoms with E-state index in [1.54, 1.807) is 6.33 Å². The number of carbonyl (C=O) groups excluding carboxylic acids is 1. The Morgan fingerprint density at radius 1 is 1.32 bits per heavy atom. The highest BCUT2D eigenvalue weighted by molar-refractivity contribution is 7.99. The highest BCUT2D eigenvalue weighted by Crippen LogP contribution is 2.25. The van der Waals surface area contributed by atoms with Crippen LogP contribution in [0.4, 0.5) is 0 Å². The number of hydrogen-bond donors (Lipinski definition) is 1. The van der Waals surface area contributed by atoms with Crippen LogP contribution in [0.5, 0.6) is 0 Å². The highest BCUT2D eigenvalue weighted by atomic mass is 32.2. The molecule has 25 heavy (non-hydrogen) atoms. The van der Waals surface area contributed by atoms with E-state index in [2.05, 4.69) is 54.5 Å². The van der Waals surface area contributed by atoms with Crippen molar-refractivity contribution in [3.8, 4) is 5.69 Å². The average molecular weight is 359 g/mol. The van der Waals surface area contributed by atoms with E-state index in [0.717, 1.165) is 17.3 Å². The molecule has 2 atom stereocenters. The quantitative estimate of drug-likeness (QED) is 0.829. The molecule has 0 radical (unpaired) electrons. The molecule has 1 aromatic carbocycles. The molecule has 2 aromatic rings. The lowest BCUT2D eigenvalue weighted by molar-refractivity contribution is -0.119. The summed E-state index contributed by atoms with van der Waals surface area (Å²) in [4.78, 5) is 12.3. The van der Waals surface area contributed by atoms with Crippen molar-refractivity contribution in [3.63, 3.8) is 0 Å². The normalized spacial score (nSPS) is 20.4. The second kappa shape index (κ2) is 8.04. The van der Waals surface area contributed by atoms with Gasteiger partial charge in [-0.1, -0.05) is 49.2 Å². The van der Waals surface area contributed by atoms with Gasteiger partial charge < -0.3 is 5.32 Å². The Morgan fingerprint density at radius 3 is 2.88 bits per heavy atom. The van der Waals surface area contributed by atoms with Gasteiger partial charge in [0.25, 0.3) is 0 Å². The van der Waals surface area contributed by atoms with Gasteiger partial charge in [-0.2, -0.15) is 0 Å². The van der Waals surface area contributed by atoms with Crippen molar-refractivity contribution in [1.29, 1.82) is 0 Å². The summed E-state index contributed by atoms with van der Waals surface area (Å²) in [6, 6.07) is 6.61. The largest absolute Gasteiger partial charge is 0.352 e. The minimum Gasteiger partial charge on any atom is -0.352 e. The molecule has 1 saturated carbocycles. The summed E-state index contributed by atoms with van der Waals surface area (Å²) >= 11 is 1.44. The number of aromatic nitrogens is 3. The molecule has 0 aliphatic heterocycles. The number of carbonyl (C=O) groups is 1. The zero-order valence-electron chi connectivity index (χ0n) is 15.2. The van der Waals surface area contributed by atoms with Crippen LogP contribution in [0.25, 0.3) is 5.69 Å². The lowest BCUT2D eigenvalue weighted by Crippen LogP contribution is -2.41. The van der Waals surface area contributed by atoms with Gasteiger partial charge >= 0.3 is 0 Å². The van der Waals surface area contributed by atoms with Gasteiger partial charge in [-0.3, -0.25) is 9.36 Å². The summed E-state index contributed by atoms with van der Waals surface area (Å²) in [6.07, 6.45) is 6.50. The molecule has 1 heterocycles. The Kier molecular flexibility index (Phi) is 5.78. The highest BCUT2D eigenvalue weighted by Gasteiger charge is 2.23. The number of rotatable bonds is 5. The monoisotopic (exact) mass is 358 g/mol. The van der Waals surface area contributed by atoms with Crippen LogP contribution in [0.15, 0.2) is 29.7 Å². The van der Waals surface area contributed by atoms with Crippen LogP contribution in [-0.4, -0.2) is 32.5 Å². The predicted octanol–water partition coefficient (Wildman–Crippen LogP) is 3.67. The van der Waals surface area contributed by atoms with E-state index in [1.807, 2.05) is 4.57 Å². The first-order valence-corrected chi connectivity index (χ1v) is 9.93. The number of amides is 1. The summed E-state index contributed by atoms with van der Waals surface area (Å²) in [5, 5.41) is 12.2. The van der Waals surface area contributed by atoms with Crippen LogP contribution >= 0.6 is 11.8 Å². The van der Waals surface area contributed by atoms with Crippen molar-refractivity contribution in [2.45, 2.75) is 57.7 Å². The van der Waals surface area contributed by atoms with E-state index in [0.29, 0.717) is 17.7 Å². The third-order valence-corrected chi connectivity index (χ3v) is 5.86. The molecule has 1 fully saturated rings. The molecular formula is C19H26N4OS. The number of benzene rings is 1. The molecule has 6 heteroatoms. The molecule has 5 nitrogen and oxygen atoms in total. The van der Waals surface area contributed by atoms with Gasteiger partial charge in [0.05, 0.1) is 11.4 Å². The Bertz CT molecular complexity index is 743. The van der Waals surface area contributed by atoms with Crippen molar-refractivity contribution < 1.29 is 4.79 Å². The second-order valence-electron chi connectivity index (χ2n) is 7.00. The Hall–Kier alpha value is -1.82. The third kappa shape index (κ3) is 4.42. The van der Waals surface area contributed by atoms with Crippen molar-refractivity contribution >= 4 is 17.7 Å². The van der Waals surface area contributed by atoms with Crippen LogP contribution < -0.4 is 5.32 Å². The third-order valence-electron chi connectivity index (χ3n) is 4.92. The van der Waals surface area contributed by atoms with Gasteiger partial charge in [-0.15, -0.1) is 10.2 Å². The maximum atomic E-state index is 12.3. The van der Waals surface area contributed by atoms with Crippen molar-refractivity contribution in [1.82, 2.24) is 20.1 Å². The van der Waals surface area contributed by atoms with Gasteiger partial charge in [0, 0.05) is 6.04 Å². The van der Waals surface area contributed by atoms with Crippen LogP contribution in [-0.2, 0) is 4.79 Å². The summed E-state index contributed by atoms with van der Waals surface area (Å²) in [5.41, 5.74) is 3.45. The number of nitrogens with one attached hydrogen (secondary N) is 1. The SMILES string of the molecule is Cc1ccc(-n2cnnc2SCC(=O)NC2CCCCC2C)c(C)c1. The van der Waals surface area contributed by atoms with E-state index >= 15 is 0 Å². The molecule has 134 valence electrons. The van der Waals surface area contributed by atoms with E-state index in [1.165, 1.54) is 42.2 Å². The second-order valence-corrected chi connectivity index (χ2v) is 7.94. The Morgan fingerprint density at radius 2 is 2.12 bits per heavy atom. The summed E-state index contributed by atoms with van der Waals surface area (Å²) in [5.74, 6) is 1.02. The molecule has 1 amide bonds. The number of aryl methyl sites for hydroxylation is 2. The fourth-order valence-electron chi connectivity index (χ4n) is 3.47. The number of thioether (sulfide) groups is 1. The van der Waals surface area contributed by atoms with Gasteiger partial charge in [0.1, 0.15) is 6.33 Å². The van der Waals surface area contributed by atoms with Crippen molar-refractivity contribution in [2.24, 2.45) is 5.92 Å². The lowest BCUT2D eigenvalue weighted by Gasteiger charge is -2.29. The molecule has 0 saturated heterocycles. The first-order valence-electron chi connectivity index (χ1n) is 8.94. The number of hydrogen-bond acceptors (Lipinski definition) is 4. The molecule has 2 unspecified atom stereocenters. The maximum absolute atomic E-state index is 12.3. The zero-order valence-corrected chi connectivity index (χ0v) is 16.0. The summed E-state index contributed by atoms with van der Waals surface area (Å²) in [7, 11) is 0. The van der Waals surface area contributed by atoms with Gasteiger partial charge in [-0.25, -0.2) is 0 Å². The average Bonchev–Trinajstić information content (AvgIpc) is 3.03. The minimum atomic E-state index is 0.0823. The van der Waals surface area contributed by atoms with Gasteiger partial charge in [0.2, 0.25) is 5.91 Å². The van der Waals surface area contributed by atoms with Crippen LogP contribution in [0.3, 0.4) is 0 Å². The molecule has 0 spiro atoms. The fourth-order valence-corrected chi connectivity index (χ4v) is 4.21. The molecule has 3 rings (SSSR count). The topological polar surface area (TPSA) is 59.8 Å². The standard InChI is InChI=1S/C19H26N4OS/c1-13-8-9-17(15(3)10-13)23-12-20-22-19(23)25-11-18(24)21-16-7-5-4-6-14(16)2/h8-10,12,14,16H,4-7,11H2,1-3H3,(H,21,24). The van der Waals surface area contributed by atoms with Crippen LogP contribution in [0.1, 0.15) is 43.7 Å². The first-order chi connectivity index (χ1) is 12.0. The Balaban J connectivity index is 1.62. The predicted molar refractivity (Wildman–Crippen MR) is 101 cm³/mol. The van der Waals surface area contributed by atoms with Crippen LogP contribution in [0.2, 0.25) is 0 Å². The first kappa shape index (κ1) is 18.0. The lowest BCUT2D eigenvalue weighted by atomic mass is 9.86. The molecule has 1 aliphatic carbocycles. The van der Waals surface area contributed by atoms with E-state index in [9.17, 15) is 4.79 Å². The Labute approximate surface area is 153 Å². The fraction of sp³-hybridized carbons (Fsp3) is 0.526. The molecule has 0 bridgehead atoms. The molecular weight excluding hydrogens is 332 g/mol. The zero-order chi connectivity index (χ0) is 17.8. The summed E-state index contributed by atoms with van der Waals surface area (Å²) in [6.45, 7) is 6.39. The van der Waals surface area contributed by atoms with Gasteiger partial charge in [0.15, 0.2) is 5.16 Å².